The number of likely N-dealkylation sites (N-methyl/N-ethyl adjacent to an activating group) is 1. The van der Waals surface area contributed by atoms with Crippen LogP contribution in [0.25, 0.3) is 0 Å². The molecule has 1 atom stereocenters. The minimum absolute atomic E-state index is 0.274. The first-order valence-corrected chi connectivity index (χ1v) is 6.35. The van der Waals surface area contributed by atoms with Gasteiger partial charge in [0.25, 0.3) is 0 Å². The maximum absolute atomic E-state index is 11.6. The number of hydrogen-bond acceptors (Lipinski definition) is 2. The van der Waals surface area contributed by atoms with Crippen LogP contribution in [0.15, 0.2) is 18.2 Å². The predicted molar refractivity (Wildman–Crippen MR) is 68.2 cm³/mol. The number of fused-ring (bicyclic) bond motifs is 1. The van der Waals surface area contributed by atoms with Gasteiger partial charge < -0.3 is 10.2 Å². The van der Waals surface area contributed by atoms with E-state index in [0.717, 1.165) is 19.5 Å². The van der Waals surface area contributed by atoms with Crippen LogP contribution < -0.4 is 5.32 Å². The summed E-state index contributed by atoms with van der Waals surface area (Å²) in [5.74, 6) is 0.665. The lowest BCUT2D eigenvalue weighted by Crippen LogP contribution is -2.19. The Labute approximate surface area is 102 Å². The lowest BCUT2D eigenvalue weighted by Gasteiger charge is -2.23. The third-order valence-corrected chi connectivity index (χ3v) is 3.91. The smallest absolute Gasteiger partial charge is 0.223 e. The Morgan fingerprint density at radius 3 is 3.06 bits per heavy atom. The second-order valence-electron chi connectivity index (χ2n) is 5.08. The van der Waals surface area contributed by atoms with Gasteiger partial charge in [0.2, 0.25) is 5.91 Å². The molecule has 17 heavy (non-hydrogen) atoms. The van der Waals surface area contributed by atoms with Gasteiger partial charge in [0, 0.05) is 38.2 Å². The third-order valence-electron chi connectivity index (χ3n) is 3.91. The summed E-state index contributed by atoms with van der Waals surface area (Å²) in [5.41, 5.74) is 4.09. The van der Waals surface area contributed by atoms with Gasteiger partial charge >= 0.3 is 0 Å². The molecule has 0 saturated carbocycles. The first kappa shape index (κ1) is 10.6. The Morgan fingerprint density at radius 2 is 2.29 bits per heavy atom. The number of anilines is 1. The van der Waals surface area contributed by atoms with E-state index >= 15 is 0 Å². The Kier molecular flexibility index (Phi) is 2.54. The van der Waals surface area contributed by atoms with Crippen molar-refractivity contribution in [2.45, 2.75) is 25.2 Å². The van der Waals surface area contributed by atoms with Gasteiger partial charge in [0.05, 0.1) is 0 Å². The summed E-state index contributed by atoms with van der Waals surface area (Å²) in [6.45, 7) is 1.94. The average molecular weight is 230 g/mol. The highest BCUT2D eigenvalue weighted by molar-refractivity contribution is 5.79. The molecule has 1 aromatic rings. The Hall–Kier alpha value is -1.51. The van der Waals surface area contributed by atoms with E-state index in [2.05, 4.69) is 23.5 Å². The predicted octanol–water partition coefficient (Wildman–Crippen LogP) is 1.99. The summed E-state index contributed by atoms with van der Waals surface area (Å²) in [5, 5.41) is 3.45. The number of benzene rings is 1. The number of nitrogens with zero attached hydrogens (tertiary/aromatic N) is 1. The van der Waals surface area contributed by atoms with Crippen LogP contribution in [0, 0.1) is 0 Å². The van der Waals surface area contributed by atoms with Crippen molar-refractivity contribution in [1.29, 1.82) is 0 Å². The van der Waals surface area contributed by atoms with Gasteiger partial charge in [-0.25, -0.2) is 0 Å². The standard InChI is InChI=1S/C14H18N2O/c1-16-9-10(8-14(16)17)11-4-2-6-13-12(11)5-3-7-15-13/h2,4,6,10,15H,3,5,7-9H2,1H3/t10-/m0/s1. The lowest BCUT2D eigenvalue weighted by atomic mass is 9.89. The maximum atomic E-state index is 11.6. The molecule has 0 aromatic heterocycles. The van der Waals surface area contributed by atoms with E-state index in [0.29, 0.717) is 12.3 Å². The Balaban J connectivity index is 1.95. The molecule has 2 aliphatic heterocycles. The van der Waals surface area contributed by atoms with Crippen LogP contribution in [0.4, 0.5) is 5.69 Å². The molecule has 0 radical (unpaired) electrons. The minimum Gasteiger partial charge on any atom is -0.385 e. The van der Waals surface area contributed by atoms with E-state index in [9.17, 15) is 4.79 Å². The molecule has 2 aliphatic rings. The number of likely N-dealkylation sites (tertiary alicyclic amines) is 1. The van der Waals surface area contributed by atoms with Crippen molar-refractivity contribution < 1.29 is 4.79 Å². The molecule has 1 aromatic carbocycles. The largest absolute Gasteiger partial charge is 0.385 e. The number of nitrogens with one attached hydrogen (secondary N) is 1. The number of rotatable bonds is 1. The van der Waals surface area contributed by atoms with Crippen LogP contribution in [0.2, 0.25) is 0 Å². The van der Waals surface area contributed by atoms with Crippen molar-refractivity contribution in [3.63, 3.8) is 0 Å². The normalized spacial score (nSPS) is 23.5. The molecular weight excluding hydrogens is 212 g/mol. The monoisotopic (exact) mass is 230 g/mol. The molecule has 1 N–H and O–H groups in total. The fraction of sp³-hybridized carbons (Fsp3) is 0.500. The number of carbonyl (C=O) groups excluding carboxylic acids is 1. The van der Waals surface area contributed by atoms with Crippen LogP contribution >= 0.6 is 0 Å². The van der Waals surface area contributed by atoms with Crippen molar-refractivity contribution in [3.8, 4) is 0 Å². The van der Waals surface area contributed by atoms with Crippen LogP contribution in [0.1, 0.15) is 29.9 Å². The molecule has 1 amide bonds. The summed E-state index contributed by atoms with van der Waals surface area (Å²) in [7, 11) is 1.90. The van der Waals surface area contributed by atoms with Gasteiger partial charge in [-0.2, -0.15) is 0 Å². The van der Waals surface area contributed by atoms with E-state index in [1.165, 1.54) is 23.2 Å². The van der Waals surface area contributed by atoms with Gasteiger partial charge in [-0.1, -0.05) is 12.1 Å². The minimum atomic E-state index is 0.274. The average Bonchev–Trinajstić information content (AvgIpc) is 2.69. The first-order valence-electron chi connectivity index (χ1n) is 6.35. The van der Waals surface area contributed by atoms with Crippen LogP contribution in [0.5, 0.6) is 0 Å². The zero-order chi connectivity index (χ0) is 11.8. The Bertz CT molecular complexity index is 456. The zero-order valence-corrected chi connectivity index (χ0v) is 10.2. The second-order valence-corrected chi connectivity index (χ2v) is 5.08. The van der Waals surface area contributed by atoms with Crippen molar-refractivity contribution >= 4 is 11.6 Å². The van der Waals surface area contributed by atoms with E-state index in [1.807, 2.05) is 11.9 Å². The molecule has 3 nitrogen and oxygen atoms in total. The van der Waals surface area contributed by atoms with Crippen molar-refractivity contribution in [2.24, 2.45) is 0 Å². The van der Waals surface area contributed by atoms with Gasteiger partial charge in [-0.3, -0.25) is 4.79 Å². The first-order chi connectivity index (χ1) is 8.25. The van der Waals surface area contributed by atoms with Crippen LogP contribution in [0.3, 0.4) is 0 Å². The number of hydrogen-bond donors (Lipinski definition) is 1. The molecule has 3 rings (SSSR count). The molecule has 0 aliphatic carbocycles. The highest BCUT2D eigenvalue weighted by Gasteiger charge is 2.30. The zero-order valence-electron chi connectivity index (χ0n) is 10.2. The van der Waals surface area contributed by atoms with Gasteiger partial charge in [0.15, 0.2) is 0 Å². The summed E-state index contributed by atoms with van der Waals surface area (Å²) in [6.07, 6.45) is 3.01. The quantitative estimate of drug-likeness (QED) is 0.800. The number of amides is 1. The van der Waals surface area contributed by atoms with Crippen molar-refractivity contribution in [1.82, 2.24) is 4.90 Å². The molecular formula is C14H18N2O. The molecule has 1 fully saturated rings. The number of carbonyl (C=O) groups is 1. The molecule has 2 heterocycles. The Morgan fingerprint density at radius 1 is 1.41 bits per heavy atom. The summed E-state index contributed by atoms with van der Waals surface area (Å²) in [6, 6.07) is 6.46. The SMILES string of the molecule is CN1C[C@@H](c2cccc3c2CCCN3)CC1=O. The fourth-order valence-corrected chi connectivity index (χ4v) is 2.99. The molecule has 1 saturated heterocycles. The summed E-state index contributed by atoms with van der Waals surface area (Å²) in [4.78, 5) is 13.5. The molecule has 0 spiro atoms. The van der Waals surface area contributed by atoms with Gasteiger partial charge in [0.1, 0.15) is 0 Å². The second kappa shape index (κ2) is 4.06. The van der Waals surface area contributed by atoms with E-state index in [4.69, 9.17) is 0 Å². The van der Waals surface area contributed by atoms with Crippen molar-refractivity contribution in [2.75, 3.05) is 25.5 Å². The molecule has 0 unspecified atom stereocenters. The van der Waals surface area contributed by atoms with E-state index in [-0.39, 0.29) is 5.91 Å². The molecule has 0 bridgehead atoms. The highest BCUT2D eigenvalue weighted by atomic mass is 16.2. The van der Waals surface area contributed by atoms with Gasteiger partial charge in [-0.05, 0) is 30.0 Å². The van der Waals surface area contributed by atoms with E-state index in [1.54, 1.807) is 0 Å². The van der Waals surface area contributed by atoms with Crippen molar-refractivity contribution in [3.05, 3.63) is 29.3 Å². The maximum Gasteiger partial charge on any atom is 0.223 e. The van der Waals surface area contributed by atoms with Crippen LogP contribution in [-0.2, 0) is 11.2 Å². The molecule has 90 valence electrons. The van der Waals surface area contributed by atoms with Gasteiger partial charge in [-0.15, -0.1) is 0 Å². The molecule has 3 heteroatoms. The fourth-order valence-electron chi connectivity index (χ4n) is 2.99. The third kappa shape index (κ3) is 1.79. The van der Waals surface area contributed by atoms with Crippen LogP contribution in [-0.4, -0.2) is 30.9 Å². The topological polar surface area (TPSA) is 32.3 Å². The van der Waals surface area contributed by atoms with E-state index < -0.39 is 0 Å². The highest BCUT2D eigenvalue weighted by Crippen LogP contribution is 2.34. The summed E-state index contributed by atoms with van der Waals surface area (Å²) >= 11 is 0. The summed E-state index contributed by atoms with van der Waals surface area (Å²) < 4.78 is 0. The lowest BCUT2D eigenvalue weighted by molar-refractivity contribution is -0.126.